The van der Waals surface area contributed by atoms with Crippen LogP contribution in [-0.4, -0.2) is 0 Å². The third-order valence-corrected chi connectivity index (χ3v) is 17.2. The van der Waals surface area contributed by atoms with E-state index in [-0.39, 0.29) is 0 Å². The van der Waals surface area contributed by atoms with E-state index in [0.717, 1.165) is 85.8 Å². The first-order valence-corrected chi connectivity index (χ1v) is 29.3. The zero-order valence-corrected chi connectivity index (χ0v) is 48.6. The number of hydrogen-bond acceptors (Lipinski definition) is 4. The van der Waals surface area contributed by atoms with Crippen LogP contribution in [0.4, 0.5) is 68.2 Å². The second kappa shape index (κ2) is 21.3. The van der Waals surface area contributed by atoms with Gasteiger partial charge in [0.15, 0.2) is 0 Å². The van der Waals surface area contributed by atoms with E-state index >= 15 is 0 Å². The average Bonchev–Trinajstić information content (AvgIpc) is 1.56. The Hall–Kier alpha value is -10.2. The summed E-state index contributed by atoms with van der Waals surface area (Å²) < 4.78 is 0. The van der Waals surface area contributed by atoms with Gasteiger partial charge in [-0.25, -0.2) is 0 Å². The molecule has 12 aromatic carbocycles. The number of rotatable bonds is 8. The van der Waals surface area contributed by atoms with Crippen molar-refractivity contribution in [2.24, 2.45) is 0 Å². The molecule has 4 aliphatic rings. The summed E-state index contributed by atoms with van der Waals surface area (Å²) in [5.41, 5.74) is 28.7. The molecule has 8 bridgehead atoms. The van der Waals surface area contributed by atoms with E-state index in [2.05, 4.69) is 340 Å². The highest BCUT2D eigenvalue weighted by Gasteiger charge is 2.47. The molecule has 16 rings (SSSR count). The number of hydrogen-bond donors (Lipinski definition) is 0. The van der Waals surface area contributed by atoms with Gasteiger partial charge in [0.1, 0.15) is 0 Å². The van der Waals surface area contributed by atoms with Crippen molar-refractivity contribution in [2.45, 2.75) is 53.4 Å². The van der Waals surface area contributed by atoms with Gasteiger partial charge in [-0.15, -0.1) is 0 Å². The molecule has 406 valence electrons. The zero-order valence-electron chi connectivity index (χ0n) is 48.6. The lowest BCUT2D eigenvalue weighted by atomic mass is 9.67. The van der Waals surface area contributed by atoms with Crippen molar-refractivity contribution in [1.82, 2.24) is 0 Å². The van der Waals surface area contributed by atoms with Crippen molar-refractivity contribution in [3.05, 3.63) is 346 Å². The molecule has 0 saturated heterocycles. The number of aryl methyl sites for hydroxylation is 6. The van der Waals surface area contributed by atoms with Gasteiger partial charge in [-0.3, -0.25) is 0 Å². The van der Waals surface area contributed by atoms with Crippen LogP contribution >= 0.6 is 0 Å². The fourth-order valence-electron chi connectivity index (χ4n) is 12.9. The van der Waals surface area contributed by atoms with Crippen molar-refractivity contribution in [2.75, 3.05) is 19.6 Å². The maximum absolute atomic E-state index is 2.50. The first-order valence-electron chi connectivity index (χ1n) is 29.3. The van der Waals surface area contributed by atoms with E-state index in [1.165, 1.54) is 66.8 Å². The third kappa shape index (κ3) is 9.40. The number of anilines is 12. The molecule has 0 N–H and O–H groups in total. The van der Waals surface area contributed by atoms with Gasteiger partial charge in [-0.1, -0.05) is 179 Å². The van der Waals surface area contributed by atoms with E-state index in [4.69, 9.17) is 0 Å². The van der Waals surface area contributed by atoms with Crippen LogP contribution in [0.3, 0.4) is 0 Å². The average molecular weight is 1080 g/mol. The van der Waals surface area contributed by atoms with Crippen LogP contribution in [0.25, 0.3) is 11.1 Å². The van der Waals surface area contributed by atoms with Crippen LogP contribution < -0.4 is 19.6 Å². The SMILES string of the molecule is Cc1ccc(N(c2ccc(C)cc2)c2cc3cc(c2)C2(c4cc(N(c5ccc(C)cc5)c5ccc(C)cc5)cc(c4)N(c4ccc(C)cc4)c4ccc(cc4)Cc4ccc(cc4)N3c3ccc(C)cc3)c3ccccc3-c3ccccc32)cc1. The Kier molecular flexibility index (Phi) is 13.2. The summed E-state index contributed by atoms with van der Waals surface area (Å²) in [6, 6.07) is 106. The maximum atomic E-state index is 2.50. The smallest absolute Gasteiger partial charge is 0.0716 e. The minimum absolute atomic E-state index is 0.792. The Morgan fingerprint density at radius 2 is 0.536 bits per heavy atom. The summed E-state index contributed by atoms with van der Waals surface area (Å²) in [6.45, 7) is 13.0. The molecule has 3 aliphatic heterocycles. The lowest BCUT2D eigenvalue weighted by Gasteiger charge is -2.39. The number of benzene rings is 12. The molecule has 0 fully saturated rings. The minimum Gasteiger partial charge on any atom is -0.310 e. The molecule has 3 heterocycles. The van der Waals surface area contributed by atoms with Gasteiger partial charge in [0.05, 0.1) is 5.41 Å². The van der Waals surface area contributed by atoms with Crippen molar-refractivity contribution in [3.8, 4) is 11.1 Å². The Labute approximate surface area is 495 Å². The van der Waals surface area contributed by atoms with Crippen LogP contribution in [0.2, 0.25) is 0 Å². The molecule has 1 spiro atoms. The predicted molar refractivity (Wildman–Crippen MR) is 354 cm³/mol. The van der Waals surface area contributed by atoms with Crippen molar-refractivity contribution in [1.29, 1.82) is 0 Å². The van der Waals surface area contributed by atoms with E-state index in [0.29, 0.717) is 0 Å². The van der Waals surface area contributed by atoms with Gasteiger partial charge in [0.25, 0.3) is 0 Å². The predicted octanol–water partition coefficient (Wildman–Crippen LogP) is 21.7. The molecule has 1 aliphatic carbocycles. The molecule has 0 amide bonds. The lowest BCUT2D eigenvalue weighted by molar-refractivity contribution is 0.768. The molecule has 4 heteroatoms. The lowest BCUT2D eigenvalue weighted by Crippen LogP contribution is -2.30. The standard InChI is InChI=1S/C80H66N4/c1-54-15-31-64(32-16-54)81(65-33-17-55(2)18-34-65)72-48-62-50-74(52-72)83(68-39-23-58(5)24-40-68)70-43-27-60(28-44-70)47-61-29-45-71(46-30-61)84(69-41-25-59(6)26-42-69)75-51-63(80(62)78-13-9-7-11-76(78)77-12-8-10-14-79(77)80)49-73(53-75)82(66-35-19-56(3)20-36-66)67-37-21-57(4)22-38-67/h7-46,48-53H,47H2,1-6H3. The summed E-state index contributed by atoms with van der Waals surface area (Å²) in [7, 11) is 0. The highest BCUT2D eigenvalue weighted by molar-refractivity contribution is 5.92. The van der Waals surface area contributed by atoms with Crippen LogP contribution in [-0.2, 0) is 11.8 Å². The number of nitrogens with zero attached hydrogens (tertiary/aromatic N) is 4. The Morgan fingerprint density at radius 3 is 0.845 bits per heavy atom. The van der Waals surface area contributed by atoms with E-state index in [1.54, 1.807) is 0 Å². The summed E-state index contributed by atoms with van der Waals surface area (Å²) >= 11 is 0. The monoisotopic (exact) mass is 1080 g/mol. The van der Waals surface area contributed by atoms with Gasteiger partial charge in [-0.2, -0.15) is 0 Å². The number of fused-ring (bicyclic) bond motifs is 5. The Bertz CT molecular complexity index is 3980. The Morgan fingerprint density at radius 1 is 0.262 bits per heavy atom. The van der Waals surface area contributed by atoms with Crippen LogP contribution in [0.15, 0.2) is 279 Å². The normalized spacial score (nSPS) is 12.9. The fraction of sp³-hybridized carbons (Fsp3) is 0.100. The fourth-order valence-corrected chi connectivity index (χ4v) is 12.9. The van der Waals surface area contributed by atoms with Crippen LogP contribution in [0, 0.1) is 41.5 Å². The summed E-state index contributed by atoms with van der Waals surface area (Å²) in [4.78, 5) is 9.84. The first kappa shape index (κ1) is 52.0. The molecule has 0 radical (unpaired) electrons. The van der Waals surface area contributed by atoms with E-state index < -0.39 is 5.41 Å². The van der Waals surface area contributed by atoms with Crippen molar-refractivity contribution < 1.29 is 0 Å². The largest absolute Gasteiger partial charge is 0.310 e. The zero-order chi connectivity index (χ0) is 57.1. The minimum atomic E-state index is -0.905. The van der Waals surface area contributed by atoms with Gasteiger partial charge in [0, 0.05) is 68.2 Å². The van der Waals surface area contributed by atoms with E-state index in [1.807, 2.05) is 0 Å². The van der Waals surface area contributed by atoms with Gasteiger partial charge in [-0.05, 0) is 226 Å². The molecule has 4 nitrogen and oxygen atoms in total. The second-order valence-corrected chi connectivity index (χ2v) is 23.2. The van der Waals surface area contributed by atoms with Crippen molar-refractivity contribution >= 4 is 68.2 Å². The third-order valence-electron chi connectivity index (χ3n) is 17.2. The molecular formula is C80H66N4. The van der Waals surface area contributed by atoms with E-state index in [9.17, 15) is 0 Å². The highest BCUT2D eigenvalue weighted by atomic mass is 15.2. The quantitative estimate of drug-likeness (QED) is 0.150. The van der Waals surface area contributed by atoms with Gasteiger partial charge >= 0.3 is 0 Å². The molecule has 0 saturated carbocycles. The van der Waals surface area contributed by atoms with Gasteiger partial charge in [0.2, 0.25) is 0 Å². The summed E-state index contributed by atoms with van der Waals surface area (Å²) in [5.74, 6) is 0. The maximum Gasteiger partial charge on any atom is 0.0716 e. The summed E-state index contributed by atoms with van der Waals surface area (Å²) in [6.07, 6.45) is 0.792. The van der Waals surface area contributed by atoms with Crippen molar-refractivity contribution in [3.63, 3.8) is 0 Å². The second-order valence-electron chi connectivity index (χ2n) is 23.2. The molecule has 12 aromatic rings. The first-order chi connectivity index (χ1) is 41.0. The molecular weight excluding hydrogens is 1020 g/mol. The highest BCUT2D eigenvalue weighted by Crippen LogP contribution is 2.59. The topological polar surface area (TPSA) is 13.0 Å². The Balaban J connectivity index is 1.17. The van der Waals surface area contributed by atoms with Crippen LogP contribution in [0.1, 0.15) is 66.8 Å². The molecule has 0 unspecified atom stereocenters. The molecule has 0 aromatic heterocycles. The molecule has 84 heavy (non-hydrogen) atoms. The summed E-state index contributed by atoms with van der Waals surface area (Å²) in [5, 5.41) is 0. The molecule has 0 atom stereocenters. The van der Waals surface area contributed by atoms with Crippen LogP contribution in [0.5, 0.6) is 0 Å². The van der Waals surface area contributed by atoms with Gasteiger partial charge < -0.3 is 19.6 Å².